The van der Waals surface area contributed by atoms with Crippen molar-refractivity contribution in [2.45, 2.75) is 13.5 Å². The van der Waals surface area contributed by atoms with Crippen LogP contribution in [0.3, 0.4) is 0 Å². The molecule has 72 valence electrons. The van der Waals surface area contributed by atoms with Crippen molar-refractivity contribution in [1.82, 2.24) is 9.78 Å². The van der Waals surface area contributed by atoms with Crippen molar-refractivity contribution in [3.05, 3.63) is 28.6 Å². The SMILES string of the molecule is CCn1nc(-c2ccsc2)cc1C=O. The Morgan fingerprint density at radius 3 is 3.00 bits per heavy atom. The first-order valence-corrected chi connectivity index (χ1v) is 5.35. The maximum absolute atomic E-state index is 10.7. The van der Waals surface area contributed by atoms with Crippen LogP contribution in [0.15, 0.2) is 22.9 Å². The minimum Gasteiger partial charge on any atom is -0.296 e. The fourth-order valence-corrected chi connectivity index (χ4v) is 1.98. The van der Waals surface area contributed by atoms with Crippen molar-refractivity contribution >= 4 is 17.6 Å². The summed E-state index contributed by atoms with van der Waals surface area (Å²) < 4.78 is 1.71. The first-order chi connectivity index (χ1) is 6.85. The van der Waals surface area contributed by atoms with E-state index in [0.29, 0.717) is 5.69 Å². The van der Waals surface area contributed by atoms with E-state index in [1.807, 2.05) is 29.8 Å². The van der Waals surface area contributed by atoms with E-state index in [4.69, 9.17) is 0 Å². The lowest BCUT2D eigenvalue weighted by molar-refractivity contribution is 0.111. The Bertz CT molecular complexity index is 431. The third kappa shape index (κ3) is 1.48. The summed E-state index contributed by atoms with van der Waals surface area (Å²) in [5, 5.41) is 8.36. The van der Waals surface area contributed by atoms with Crippen LogP contribution in [-0.2, 0) is 6.54 Å². The summed E-state index contributed by atoms with van der Waals surface area (Å²) >= 11 is 1.63. The van der Waals surface area contributed by atoms with E-state index < -0.39 is 0 Å². The molecule has 0 radical (unpaired) electrons. The number of hydrogen-bond acceptors (Lipinski definition) is 3. The molecule has 0 N–H and O–H groups in total. The smallest absolute Gasteiger partial charge is 0.168 e. The van der Waals surface area contributed by atoms with Crippen LogP contribution in [-0.4, -0.2) is 16.1 Å². The van der Waals surface area contributed by atoms with Crippen molar-refractivity contribution < 1.29 is 4.79 Å². The summed E-state index contributed by atoms with van der Waals surface area (Å²) in [4.78, 5) is 10.7. The maximum Gasteiger partial charge on any atom is 0.168 e. The van der Waals surface area contributed by atoms with E-state index in [-0.39, 0.29) is 0 Å². The maximum atomic E-state index is 10.7. The molecule has 0 unspecified atom stereocenters. The number of carbonyl (C=O) groups is 1. The van der Waals surface area contributed by atoms with E-state index in [0.717, 1.165) is 24.1 Å². The van der Waals surface area contributed by atoms with E-state index in [1.54, 1.807) is 16.0 Å². The first kappa shape index (κ1) is 9.15. The van der Waals surface area contributed by atoms with Gasteiger partial charge in [-0.15, -0.1) is 0 Å². The standard InChI is InChI=1S/C10H10N2OS/c1-2-12-9(6-13)5-10(11-12)8-3-4-14-7-8/h3-7H,2H2,1H3. The molecule has 2 aromatic heterocycles. The van der Waals surface area contributed by atoms with Gasteiger partial charge in [0, 0.05) is 17.5 Å². The lowest BCUT2D eigenvalue weighted by Crippen LogP contribution is -2.00. The second-order valence-electron chi connectivity index (χ2n) is 2.90. The zero-order valence-electron chi connectivity index (χ0n) is 7.80. The van der Waals surface area contributed by atoms with Gasteiger partial charge in [0.1, 0.15) is 5.69 Å². The van der Waals surface area contributed by atoms with Crippen molar-refractivity contribution in [2.24, 2.45) is 0 Å². The summed E-state index contributed by atoms with van der Waals surface area (Å²) in [6, 6.07) is 3.82. The van der Waals surface area contributed by atoms with Gasteiger partial charge in [-0.05, 0) is 24.4 Å². The molecule has 0 spiro atoms. The monoisotopic (exact) mass is 206 g/mol. The number of aryl methyl sites for hydroxylation is 1. The second kappa shape index (κ2) is 3.75. The van der Waals surface area contributed by atoms with Gasteiger partial charge in [-0.3, -0.25) is 9.48 Å². The number of hydrogen-bond donors (Lipinski definition) is 0. The second-order valence-corrected chi connectivity index (χ2v) is 3.68. The fraction of sp³-hybridized carbons (Fsp3) is 0.200. The zero-order chi connectivity index (χ0) is 9.97. The molecule has 0 bridgehead atoms. The first-order valence-electron chi connectivity index (χ1n) is 4.40. The van der Waals surface area contributed by atoms with Gasteiger partial charge in [-0.25, -0.2) is 0 Å². The quantitative estimate of drug-likeness (QED) is 0.723. The molecule has 0 amide bonds. The van der Waals surface area contributed by atoms with Crippen LogP contribution < -0.4 is 0 Å². The van der Waals surface area contributed by atoms with Crippen molar-refractivity contribution in [1.29, 1.82) is 0 Å². The highest BCUT2D eigenvalue weighted by molar-refractivity contribution is 7.08. The Kier molecular flexibility index (Phi) is 2.45. The highest BCUT2D eigenvalue weighted by atomic mass is 32.1. The number of nitrogens with zero attached hydrogens (tertiary/aromatic N) is 2. The number of aldehydes is 1. The molecule has 3 nitrogen and oxygen atoms in total. The van der Waals surface area contributed by atoms with Gasteiger partial charge in [-0.2, -0.15) is 16.4 Å². The molecule has 0 aliphatic carbocycles. The van der Waals surface area contributed by atoms with Gasteiger partial charge in [0.2, 0.25) is 0 Å². The summed E-state index contributed by atoms with van der Waals surface area (Å²) in [7, 11) is 0. The van der Waals surface area contributed by atoms with Crippen molar-refractivity contribution in [2.75, 3.05) is 0 Å². The van der Waals surface area contributed by atoms with Crippen molar-refractivity contribution in [3.8, 4) is 11.3 Å². The zero-order valence-corrected chi connectivity index (χ0v) is 8.62. The highest BCUT2D eigenvalue weighted by Gasteiger charge is 2.07. The normalized spacial score (nSPS) is 10.4. The largest absolute Gasteiger partial charge is 0.296 e. The van der Waals surface area contributed by atoms with E-state index in [9.17, 15) is 4.79 Å². The van der Waals surface area contributed by atoms with Gasteiger partial charge < -0.3 is 0 Å². The summed E-state index contributed by atoms with van der Waals surface area (Å²) in [5.41, 5.74) is 2.58. The van der Waals surface area contributed by atoms with E-state index in [2.05, 4.69) is 5.10 Å². The molecule has 0 atom stereocenters. The fourth-order valence-electron chi connectivity index (χ4n) is 1.33. The minimum atomic E-state index is 0.633. The summed E-state index contributed by atoms with van der Waals surface area (Å²) in [5.74, 6) is 0. The Morgan fingerprint density at radius 2 is 2.50 bits per heavy atom. The summed E-state index contributed by atoms with van der Waals surface area (Å²) in [6.45, 7) is 2.69. The lowest BCUT2D eigenvalue weighted by atomic mass is 10.2. The average Bonchev–Trinajstić information content (AvgIpc) is 2.85. The summed E-state index contributed by atoms with van der Waals surface area (Å²) in [6.07, 6.45) is 0.840. The highest BCUT2D eigenvalue weighted by Crippen LogP contribution is 2.21. The van der Waals surface area contributed by atoms with Crippen LogP contribution in [0.4, 0.5) is 0 Å². The van der Waals surface area contributed by atoms with E-state index in [1.165, 1.54) is 0 Å². The number of carbonyl (C=O) groups excluding carboxylic acids is 1. The molecule has 0 saturated heterocycles. The molecule has 0 aliphatic heterocycles. The molecular formula is C10H10N2OS. The predicted molar refractivity (Wildman–Crippen MR) is 56.6 cm³/mol. The number of aromatic nitrogens is 2. The molecule has 0 aliphatic rings. The van der Waals surface area contributed by atoms with Crippen LogP contribution >= 0.6 is 11.3 Å². The molecule has 2 aromatic rings. The number of rotatable bonds is 3. The third-order valence-corrected chi connectivity index (χ3v) is 2.73. The van der Waals surface area contributed by atoms with Gasteiger partial charge in [0.25, 0.3) is 0 Å². The minimum absolute atomic E-state index is 0.633. The molecular weight excluding hydrogens is 196 g/mol. The van der Waals surface area contributed by atoms with Crippen LogP contribution in [0.5, 0.6) is 0 Å². The van der Waals surface area contributed by atoms with Crippen LogP contribution in [0.2, 0.25) is 0 Å². The predicted octanol–water partition coefficient (Wildman–Crippen LogP) is 2.44. The van der Waals surface area contributed by atoms with E-state index >= 15 is 0 Å². The molecule has 0 fully saturated rings. The molecule has 2 heterocycles. The van der Waals surface area contributed by atoms with Crippen LogP contribution in [0.25, 0.3) is 11.3 Å². The number of thiophene rings is 1. The molecule has 0 aromatic carbocycles. The molecule has 4 heteroatoms. The van der Waals surface area contributed by atoms with Crippen molar-refractivity contribution in [3.63, 3.8) is 0 Å². The Labute approximate surface area is 86.0 Å². The van der Waals surface area contributed by atoms with Gasteiger partial charge in [0.05, 0.1) is 5.69 Å². The van der Waals surface area contributed by atoms with Crippen LogP contribution in [0, 0.1) is 0 Å². The Balaban J connectivity index is 2.46. The topological polar surface area (TPSA) is 34.9 Å². The van der Waals surface area contributed by atoms with Gasteiger partial charge in [0.15, 0.2) is 6.29 Å². The van der Waals surface area contributed by atoms with Gasteiger partial charge in [-0.1, -0.05) is 0 Å². The Hall–Kier alpha value is -1.42. The third-order valence-electron chi connectivity index (χ3n) is 2.05. The molecule has 14 heavy (non-hydrogen) atoms. The molecule has 2 rings (SSSR count). The van der Waals surface area contributed by atoms with Gasteiger partial charge >= 0.3 is 0 Å². The van der Waals surface area contributed by atoms with Crippen LogP contribution in [0.1, 0.15) is 17.4 Å². The molecule has 0 saturated carbocycles. The Morgan fingerprint density at radius 1 is 1.64 bits per heavy atom. The lowest BCUT2D eigenvalue weighted by Gasteiger charge is -1.95. The average molecular weight is 206 g/mol.